The molecule has 0 aromatic carbocycles. The molecule has 2 rings (SSSR count). The summed E-state index contributed by atoms with van der Waals surface area (Å²) in [5.74, 6) is 0. The Hall–Kier alpha value is -0.640. The van der Waals surface area contributed by atoms with Gasteiger partial charge in [-0.2, -0.15) is 13.7 Å². The second kappa shape index (κ2) is 2.92. The van der Waals surface area contributed by atoms with Gasteiger partial charge in [-0.3, -0.25) is 4.18 Å². The Morgan fingerprint density at radius 2 is 2.36 bits per heavy atom. The monoisotopic (exact) mass is 217 g/mol. The lowest BCUT2D eigenvalue weighted by Gasteiger charge is -2.13. The molecule has 0 aromatic rings. The molecule has 2 fully saturated rings. The van der Waals surface area contributed by atoms with Gasteiger partial charge in [0.1, 0.15) is 6.10 Å². The summed E-state index contributed by atoms with van der Waals surface area (Å²) in [5, 5.41) is 8.99. The van der Waals surface area contributed by atoms with Crippen LogP contribution in [0.1, 0.15) is 19.8 Å². The molecule has 3 unspecified atom stereocenters. The molecule has 2 aliphatic rings. The third kappa shape index (κ3) is 1.03. The van der Waals surface area contributed by atoms with Gasteiger partial charge in [-0.05, 0) is 6.42 Å². The van der Waals surface area contributed by atoms with Gasteiger partial charge in [0.05, 0.1) is 18.8 Å². The SMILES string of the molecule is CCC1CC2(C#N)C(COS2(=O)=O)O1. The number of hydrogen-bond acceptors (Lipinski definition) is 5. The first-order chi connectivity index (χ1) is 6.55. The minimum atomic E-state index is -3.76. The molecule has 78 valence electrons. The van der Waals surface area contributed by atoms with E-state index in [0.717, 1.165) is 6.42 Å². The predicted molar refractivity (Wildman–Crippen MR) is 46.8 cm³/mol. The first kappa shape index (κ1) is 9.90. The van der Waals surface area contributed by atoms with E-state index in [1.54, 1.807) is 0 Å². The summed E-state index contributed by atoms with van der Waals surface area (Å²) in [5.41, 5.74) is 0. The molecule has 2 heterocycles. The highest BCUT2D eigenvalue weighted by molar-refractivity contribution is 7.88. The van der Waals surface area contributed by atoms with Crippen LogP contribution >= 0.6 is 0 Å². The second-order valence-electron chi connectivity index (χ2n) is 3.60. The molecule has 3 atom stereocenters. The fourth-order valence-corrected chi connectivity index (χ4v) is 3.43. The molecule has 0 radical (unpaired) electrons. The Bertz CT molecular complexity index is 385. The van der Waals surface area contributed by atoms with Crippen molar-refractivity contribution in [2.24, 2.45) is 0 Å². The normalized spacial score (nSPS) is 44.6. The van der Waals surface area contributed by atoms with Crippen LogP contribution in [0.15, 0.2) is 0 Å². The van der Waals surface area contributed by atoms with Crippen molar-refractivity contribution in [3.8, 4) is 6.07 Å². The van der Waals surface area contributed by atoms with Gasteiger partial charge < -0.3 is 4.74 Å². The van der Waals surface area contributed by atoms with Crippen LogP contribution in [0.5, 0.6) is 0 Å². The fourth-order valence-electron chi connectivity index (χ4n) is 1.97. The lowest BCUT2D eigenvalue weighted by atomic mass is 9.99. The Morgan fingerprint density at radius 3 is 2.86 bits per heavy atom. The van der Waals surface area contributed by atoms with Gasteiger partial charge in [-0.1, -0.05) is 6.92 Å². The van der Waals surface area contributed by atoms with E-state index in [4.69, 9.17) is 10.00 Å². The van der Waals surface area contributed by atoms with E-state index < -0.39 is 21.0 Å². The van der Waals surface area contributed by atoms with Gasteiger partial charge >= 0.3 is 0 Å². The van der Waals surface area contributed by atoms with Gasteiger partial charge in [0.25, 0.3) is 10.1 Å². The van der Waals surface area contributed by atoms with Crippen LogP contribution in [0.2, 0.25) is 0 Å². The van der Waals surface area contributed by atoms with E-state index in [1.807, 2.05) is 13.0 Å². The van der Waals surface area contributed by atoms with Gasteiger partial charge in [0.15, 0.2) is 0 Å². The highest BCUT2D eigenvalue weighted by atomic mass is 32.2. The Balaban J connectivity index is 2.42. The van der Waals surface area contributed by atoms with E-state index in [9.17, 15) is 8.42 Å². The van der Waals surface area contributed by atoms with Crippen molar-refractivity contribution in [1.82, 2.24) is 0 Å². The third-order valence-electron chi connectivity index (χ3n) is 2.87. The highest BCUT2D eigenvalue weighted by Crippen LogP contribution is 2.43. The lowest BCUT2D eigenvalue weighted by molar-refractivity contribution is 0.0260. The zero-order valence-corrected chi connectivity index (χ0v) is 8.58. The molecule has 14 heavy (non-hydrogen) atoms. The van der Waals surface area contributed by atoms with Gasteiger partial charge in [-0.15, -0.1) is 0 Å². The summed E-state index contributed by atoms with van der Waals surface area (Å²) in [4.78, 5) is 0. The molecular weight excluding hydrogens is 206 g/mol. The maximum atomic E-state index is 11.5. The first-order valence-electron chi connectivity index (χ1n) is 4.51. The highest BCUT2D eigenvalue weighted by Gasteiger charge is 2.63. The molecule has 0 bridgehead atoms. The van der Waals surface area contributed by atoms with Gasteiger partial charge in [0, 0.05) is 6.42 Å². The molecule has 0 aliphatic carbocycles. The van der Waals surface area contributed by atoms with Crippen LogP contribution in [-0.4, -0.2) is 32.0 Å². The summed E-state index contributed by atoms with van der Waals surface area (Å²) in [6.45, 7) is 1.89. The molecule has 2 saturated heterocycles. The van der Waals surface area contributed by atoms with Crippen LogP contribution in [0.3, 0.4) is 0 Å². The fraction of sp³-hybridized carbons (Fsp3) is 0.875. The van der Waals surface area contributed by atoms with E-state index in [-0.39, 0.29) is 19.1 Å². The Labute approximate surface area is 82.7 Å². The molecular formula is C8H11NO4S. The maximum absolute atomic E-state index is 11.5. The van der Waals surface area contributed by atoms with Gasteiger partial charge in [0.2, 0.25) is 4.75 Å². The van der Waals surface area contributed by atoms with Crippen molar-refractivity contribution in [1.29, 1.82) is 5.26 Å². The summed E-state index contributed by atoms with van der Waals surface area (Å²) < 4.78 is 31.7. The molecule has 0 aromatic heterocycles. The quantitative estimate of drug-likeness (QED) is 0.585. The molecule has 6 heteroatoms. The predicted octanol–water partition coefficient (Wildman–Crippen LogP) is 0.176. The Morgan fingerprint density at radius 1 is 1.64 bits per heavy atom. The van der Waals surface area contributed by atoms with E-state index >= 15 is 0 Å². The lowest BCUT2D eigenvalue weighted by Crippen LogP contribution is -2.38. The van der Waals surface area contributed by atoms with Crippen molar-refractivity contribution in [3.63, 3.8) is 0 Å². The van der Waals surface area contributed by atoms with Crippen molar-refractivity contribution < 1.29 is 17.3 Å². The average Bonchev–Trinajstić information content (AvgIpc) is 2.63. The number of fused-ring (bicyclic) bond motifs is 1. The summed E-state index contributed by atoms with van der Waals surface area (Å²) in [7, 11) is -3.76. The number of ether oxygens (including phenoxy) is 1. The summed E-state index contributed by atoms with van der Waals surface area (Å²) in [6.07, 6.45) is 0.198. The maximum Gasteiger partial charge on any atom is 0.289 e. The first-order valence-corrected chi connectivity index (χ1v) is 5.92. The van der Waals surface area contributed by atoms with E-state index in [1.165, 1.54) is 0 Å². The van der Waals surface area contributed by atoms with Crippen molar-refractivity contribution in [2.75, 3.05) is 6.61 Å². The largest absolute Gasteiger partial charge is 0.370 e. The van der Waals surface area contributed by atoms with Crippen molar-refractivity contribution in [2.45, 2.75) is 36.7 Å². The smallest absolute Gasteiger partial charge is 0.289 e. The molecule has 0 spiro atoms. The molecule has 5 nitrogen and oxygen atoms in total. The molecule has 0 amide bonds. The van der Waals surface area contributed by atoms with Crippen molar-refractivity contribution >= 4 is 10.1 Å². The van der Waals surface area contributed by atoms with Crippen LogP contribution in [0.25, 0.3) is 0 Å². The zero-order valence-electron chi connectivity index (χ0n) is 7.76. The number of nitriles is 1. The molecule has 0 N–H and O–H groups in total. The van der Waals surface area contributed by atoms with E-state index in [2.05, 4.69) is 4.18 Å². The zero-order chi connectivity index (χ0) is 10.4. The second-order valence-corrected chi connectivity index (χ2v) is 5.47. The molecule has 2 aliphatic heterocycles. The van der Waals surface area contributed by atoms with Crippen LogP contribution < -0.4 is 0 Å². The van der Waals surface area contributed by atoms with Crippen LogP contribution in [0, 0.1) is 11.3 Å². The Kier molecular flexibility index (Phi) is 2.07. The molecule has 0 saturated carbocycles. The van der Waals surface area contributed by atoms with Crippen molar-refractivity contribution in [3.05, 3.63) is 0 Å². The number of hydrogen-bond donors (Lipinski definition) is 0. The topological polar surface area (TPSA) is 76.4 Å². The average molecular weight is 217 g/mol. The number of rotatable bonds is 1. The summed E-state index contributed by atoms with van der Waals surface area (Å²) >= 11 is 0. The van der Waals surface area contributed by atoms with Crippen LogP contribution in [0.4, 0.5) is 0 Å². The van der Waals surface area contributed by atoms with E-state index in [0.29, 0.717) is 0 Å². The van der Waals surface area contributed by atoms with Gasteiger partial charge in [-0.25, -0.2) is 0 Å². The summed E-state index contributed by atoms with van der Waals surface area (Å²) in [6, 6.07) is 1.86. The minimum Gasteiger partial charge on any atom is -0.370 e. The standard InChI is InChI=1S/C8H11NO4S/c1-2-6-3-8(5-9)7(13-6)4-12-14(8,10)11/h6-7H,2-4H2,1H3. The van der Waals surface area contributed by atoms with Crippen LogP contribution in [-0.2, 0) is 19.0 Å². The number of nitrogens with zero attached hydrogens (tertiary/aromatic N) is 1. The third-order valence-corrected chi connectivity index (χ3v) is 4.73. The minimum absolute atomic E-state index is 0.0214.